The molecule has 1 N–H and O–H groups in total. The topological polar surface area (TPSA) is 86.8 Å². The molecular formula is C27H28BrF2N3O4S. The van der Waals surface area contributed by atoms with Crippen LogP contribution in [0.1, 0.15) is 18.1 Å². The summed E-state index contributed by atoms with van der Waals surface area (Å²) in [4.78, 5) is 28.4. The van der Waals surface area contributed by atoms with Crippen LogP contribution in [0.4, 0.5) is 14.5 Å². The highest BCUT2D eigenvalue weighted by Gasteiger charge is 2.33. The third-order valence-corrected chi connectivity index (χ3v) is 7.43. The number of halogens is 3. The van der Waals surface area contributed by atoms with E-state index < -0.39 is 46.1 Å². The van der Waals surface area contributed by atoms with Crippen LogP contribution in [-0.2, 0) is 32.6 Å². The Bertz CT molecular complexity index is 1370. The van der Waals surface area contributed by atoms with Crippen molar-refractivity contribution < 1.29 is 26.8 Å². The molecule has 1 atom stereocenters. The first kappa shape index (κ1) is 29.2. The normalized spacial score (nSPS) is 12.0. The van der Waals surface area contributed by atoms with Crippen LogP contribution in [0.25, 0.3) is 0 Å². The molecule has 0 aliphatic carbocycles. The lowest BCUT2D eigenvalue weighted by molar-refractivity contribution is -0.140. The monoisotopic (exact) mass is 607 g/mol. The number of nitrogens with zero attached hydrogens (tertiary/aromatic N) is 2. The van der Waals surface area contributed by atoms with Crippen molar-refractivity contribution in [2.75, 3.05) is 23.7 Å². The van der Waals surface area contributed by atoms with E-state index in [9.17, 15) is 26.8 Å². The van der Waals surface area contributed by atoms with Gasteiger partial charge in [0.05, 0.1) is 11.9 Å². The summed E-state index contributed by atoms with van der Waals surface area (Å²) in [6.45, 7) is 1.38. The number of anilines is 1. The van der Waals surface area contributed by atoms with E-state index in [4.69, 9.17) is 0 Å². The molecule has 0 bridgehead atoms. The van der Waals surface area contributed by atoms with E-state index in [0.29, 0.717) is 22.5 Å². The average molecular weight is 609 g/mol. The fraction of sp³-hybridized carbons (Fsp3) is 0.259. The number of nitrogens with one attached hydrogen (secondary N) is 1. The van der Waals surface area contributed by atoms with Crippen molar-refractivity contribution in [2.45, 2.75) is 25.9 Å². The van der Waals surface area contributed by atoms with Gasteiger partial charge in [0.1, 0.15) is 12.6 Å². The Morgan fingerprint density at radius 3 is 2.18 bits per heavy atom. The van der Waals surface area contributed by atoms with Crippen molar-refractivity contribution in [3.05, 3.63) is 100 Å². The SMILES string of the molecule is CCNC(=O)C(Cc1ccccc1)N(Cc1ccc(Br)cc1)C(=O)CN(c1ccc(F)c(F)c1)S(C)(=O)=O. The Kier molecular flexibility index (Phi) is 9.98. The highest BCUT2D eigenvalue weighted by molar-refractivity contribution is 9.10. The predicted molar refractivity (Wildman–Crippen MR) is 146 cm³/mol. The van der Waals surface area contributed by atoms with Gasteiger partial charge in [0.15, 0.2) is 11.6 Å². The molecule has 3 aromatic carbocycles. The lowest BCUT2D eigenvalue weighted by atomic mass is 10.0. The largest absolute Gasteiger partial charge is 0.355 e. The fourth-order valence-corrected chi connectivity index (χ4v) is 4.99. The van der Waals surface area contributed by atoms with Crippen molar-refractivity contribution in [1.29, 1.82) is 0 Å². The first-order valence-corrected chi connectivity index (χ1v) is 14.4. The van der Waals surface area contributed by atoms with Crippen molar-refractivity contribution in [1.82, 2.24) is 10.2 Å². The molecule has 0 heterocycles. The van der Waals surface area contributed by atoms with Crippen LogP contribution in [0.15, 0.2) is 77.3 Å². The quantitative estimate of drug-likeness (QED) is 0.353. The molecule has 2 amide bonds. The van der Waals surface area contributed by atoms with E-state index in [1.807, 2.05) is 30.3 Å². The van der Waals surface area contributed by atoms with Crippen molar-refractivity contribution >= 4 is 43.5 Å². The Labute approximate surface area is 229 Å². The molecule has 38 heavy (non-hydrogen) atoms. The molecule has 0 aliphatic rings. The van der Waals surface area contributed by atoms with Crippen LogP contribution >= 0.6 is 15.9 Å². The Morgan fingerprint density at radius 1 is 0.947 bits per heavy atom. The van der Waals surface area contributed by atoms with Crippen LogP contribution in [0.2, 0.25) is 0 Å². The molecule has 0 spiro atoms. The molecule has 0 saturated heterocycles. The van der Waals surface area contributed by atoms with Crippen molar-refractivity contribution in [2.24, 2.45) is 0 Å². The molecule has 0 aromatic heterocycles. The summed E-state index contributed by atoms with van der Waals surface area (Å²) < 4.78 is 54.3. The second-order valence-electron chi connectivity index (χ2n) is 8.62. The van der Waals surface area contributed by atoms with E-state index in [2.05, 4.69) is 21.2 Å². The van der Waals surface area contributed by atoms with Gasteiger partial charge in [-0.2, -0.15) is 0 Å². The number of amides is 2. The molecule has 0 saturated carbocycles. The van der Waals surface area contributed by atoms with Gasteiger partial charge in [0.2, 0.25) is 21.8 Å². The number of sulfonamides is 1. The fourth-order valence-electron chi connectivity index (χ4n) is 3.89. The number of likely N-dealkylation sites (N-methyl/N-ethyl adjacent to an activating group) is 1. The summed E-state index contributed by atoms with van der Waals surface area (Å²) in [7, 11) is -4.08. The van der Waals surface area contributed by atoms with Crippen molar-refractivity contribution in [3.63, 3.8) is 0 Å². The Hall–Kier alpha value is -3.31. The van der Waals surface area contributed by atoms with Crippen LogP contribution in [0, 0.1) is 11.6 Å². The number of carbonyl (C=O) groups excluding carboxylic acids is 2. The first-order valence-electron chi connectivity index (χ1n) is 11.8. The van der Waals surface area contributed by atoms with Gasteiger partial charge in [0, 0.05) is 30.0 Å². The first-order chi connectivity index (χ1) is 18.0. The van der Waals surface area contributed by atoms with E-state index in [-0.39, 0.29) is 18.7 Å². The smallest absolute Gasteiger partial charge is 0.244 e. The maximum absolute atomic E-state index is 14.0. The summed E-state index contributed by atoms with van der Waals surface area (Å²) in [5.41, 5.74) is 1.31. The summed E-state index contributed by atoms with van der Waals surface area (Å²) in [6.07, 6.45) is 1.05. The zero-order chi connectivity index (χ0) is 27.9. The minimum absolute atomic E-state index is 0.0100. The van der Waals surface area contributed by atoms with Gasteiger partial charge in [0.25, 0.3) is 0 Å². The second-order valence-corrected chi connectivity index (χ2v) is 11.4. The number of hydrogen-bond donors (Lipinski definition) is 1. The maximum atomic E-state index is 14.0. The second kappa shape index (κ2) is 13.0. The lowest BCUT2D eigenvalue weighted by Gasteiger charge is -2.33. The third kappa shape index (κ3) is 7.84. The van der Waals surface area contributed by atoms with Gasteiger partial charge in [-0.25, -0.2) is 17.2 Å². The van der Waals surface area contributed by atoms with E-state index in [1.54, 1.807) is 31.2 Å². The van der Waals surface area contributed by atoms with Gasteiger partial charge in [-0.05, 0) is 42.3 Å². The minimum Gasteiger partial charge on any atom is -0.355 e. The molecule has 202 valence electrons. The molecule has 3 aromatic rings. The molecule has 7 nitrogen and oxygen atoms in total. The summed E-state index contributed by atoms with van der Waals surface area (Å²) in [5.74, 6) is -3.49. The number of hydrogen-bond acceptors (Lipinski definition) is 4. The van der Waals surface area contributed by atoms with Crippen molar-refractivity contribution in [3.8, 4) is 0 Å². The van der Waals surface area contributed by atoms with Gasteiger partial charge >= 0.3 is 0 Å². The Morgan fingerprint density at radius 2 is 1.61 bits per heavy atom. The lowest BCUT2D eigenvalue weighted by Crippen LogP contribution is -2.53. The van der Waals surface area contributed by atoms with Gasteiger partial charge in [-0.15, -0.1) is 0 Å². The molecule has 3 rings (SSSR count). The summed E-state index contributed by atoms with van der Waals surface area (Å²) >= 11 is 3.37. The highest BCUT2D eigenvalue weighted by atomic mass is 79.9. The molecular weight excluding hydrogens is 580 g/mol. The van der Waals surface area contributed by atoms with Crippen LogP contribution < -0.4 is 9.62 Å². The van der Waals surface area contributed by atoms with Gasteiger partial charge in [-0.3, -0.25) is 13.9 Å². The van der Waals surface area contributed by atoms with E-state index in [0.717, 1.165) is 28.4 Å². The summed E-state index contributed by atoms with van der Waals surface area (Å²) in [6, 6.07) is 17.9. The van der Waals surface area contributed by atoms with Gasteiger partial charge in [-0.1, -0.05) is 58.4 Å². The predicted octanol–water partition coefficient (Wildman–Crippen LogP) is 4.27. The van der Waals surface area contributed by atoms with Crippen LogP contribution in [0.5, 0.6) is 0 Å². The number of benzene rings is 3. The maximum Gasteiger partial charge on any atom is 0.244 e. The number of carbonyl (C=O) groups is 2. The van der Waals surface area contributed by atoms with E-state index >= 15 is 0 Å². The van der Waals surface area contributed by atoms with Gasteiger partial charge < -0.3 is 10.2 Å². The minimum atomic E-state index is -4.08. The molecule has 0 radical (unpaired) electrons. The van der Waals surface area contributed by atoms with E-state index in [1.165, 1.54) is 4.90 Å². The number of rotatable bonds is 11. The zero-order valence-electron chi connectivity index (χ0n) is 20.9. The zero-order valence-corrected chi connectivity index (χ0v) is 23.3. The third-order valence-electron chi connectivity index (χ3n) is 5.76. The Balaban J connectivity index is 2.04. The molecule has 11 heteroatoms. The molecule has 0 aliphatic heterocycles. The van der Waals surface area contributed by atoms with Crippen LogP contribution in [0.3, 0.4) is 0 Å². The highest BCUT2D eigenvalue weighted by Crippen LogP contribution is 2.23. The summed E-state index contributed by atoms with van der Waals surface area (Å²) in [5, 5.41) is 2.76. The molecule has 0 fully saturated rings. The average Bonchev–Trinajstić information content (AvgIpc) is 2.87. The molecule has 1 unspecified atom stereocenters. The van der Waals surface area contributed by atoms with Crippen LogP contribution in [-0.4, -0.2) is 50.5 Å². The standard InChI is InChI=1S/C27H28BrF2N3O4S/c1-3-31-27(35)25(15-19-7-5-4-6-8-19)32(17-20-9-11-21(28)12-10-20)26(34)18-33(38(2,36)37)22-13-14-23(29)24(30)16-22/h4-14,16,25H,3,15,17-18H2,1-2H3,(H,31,35).